The van der Waals surface area contributed by atoms with Gasteiger partial charge in [-0.25, -0.2) is 4.79 Å². The van der Waals surface area contributed by atoms with Crippen molar-refractivity contribution in [1.82, 2.24) is 0 Å². The molecule has 0 amide bonds. The first kappa shape index (κ1) is 14.7. The van der Waals surface area contributed by atoms with Gasteiger partial charge in [-0.2, -0.15) is 0 Å². The van der Waals surface area contributed by atoms with Crippen LogP contribution >= 0.6 is 11.3 Å². The van der Waals surface area contributed by atoms with Crippen LogP contribution in [0.3, 0.4) is 0 Å². The van der Waals surface area contributed by atoms with Crippen LogP contribution < -0.4 is 5.73 Å². The lowest BCUT2D eigenvalue weighted by atomic mass is 10.2. The smallest absolute Gasteiger partial charge is 0.365 e. The van der Waals surface area contributed by atoms with Gasteiger partial charge in [-0.3, -0.25) is 10.1 Å². The Labute approximate surface area is 123 Å². The van der Waals surface area contributed by atoms with E-state index in [4.69, 9.17) is 10.6 Å². The molecular formula is C13H11N3O4S. The molecule has 0 spiro atoms. The van der Waals surface area contributed by atoms with E-state index in [0.717, 1.165) is 4.88 Å². The third-order valence-corrected chi connectivity index (χ3v) is 3.37. The zero-order chi connectivity index (χ0) is 15.2. The lowest BCUT2D eigenvalue weighted by Crippen LogP contribution is -2.16. The van der Waals surface area contributed by atoms with E-state index in [1.165, 1.54) is 35.6 Å². The molecule has 7 nitrogen and oxygen atoms in total. The topological polar surface area (TPSA) is 108 Å². The van der Waals surface area contributed by atoms with E-state index in [0.29, 0.717) is 6.42 Å². The first-order valence-electron chi connectivity index (χ1n) is 5.87. The van der Waals surface area contributed by atoms with Crippen LogP contribution in [0.15, 0.2) is 46.9 Å². The van der Waals surface area contributed by atoms with Crippen molar-refractivity contribution >= 4 is 28.8 Å². The van der Waals surface area contributed by atoms with Gasteiger partial charge in [-0.15, -0.1) is 11.3 Å². The van der Waals surface area contributed by atoms with Crippen molar-refractivity contribution in [2.24, 2.45) is 10.9 Å². The molecule has 1 heterocycles. The van der Waals surface area contributed by atoms with Crippen LogP contribution in [0, 0.1) is 10.1 Å². The second-order valence-corrected chi connectivity index (χ2v) is 5.05. The van der Waals surface area contributed by atoms with Gasteiger partial charge in [0.25, 0.3) is 5.69 Å². The number of carbonyl (C=O) groups excluding carboxylic acids is 1. The first-order valence-corrected chi connectivity index (χ1v) is 6.75. The van der Waals surface area contributed by atoms with E-state index < -0.39 is 10.9 Å². The van der Waals surface area contributed by atoms with Crippen LogP contribution in [0.1, 0.15) is 15.2 Å². The maximum absolute atomic E-state index is 11.7. The van der Waals surface area contributed by atoms with E-state index in [9.17, 15) is 14.9 Å². The molecule has 0 bridgehead atoms. The van der Waals surface area contributed by atoms with Gasteiger partial charge in [0.15, 0.2) is 0 Å². The molecule has 2 rings (SSSR count). The summed E-state index contributed by atoms with van der Waals surface area (Å²) in [5, 5.41) is 16.0. The monoisotopic (exact) mass is 305 g/mol. The summed E-state index contributed by atoms with van der Waals surface area (Å²) in [7, 11) is 0. The number of nitro benzene ring substituents is 1. The van der Waals surface area contributed by atoms with Crippen LogP contribution in [0.4, 0.5) is 5.69 Å². The molecule has 0 saturated carbocycles. The van der Waals surface area contributed by atoms with Gasteiger partial charge in [-0.1, -0.05) is 11.2 Å². The highest BCUT2D eigenvalue weighted by atomic mass is 32.1. The number of hydrogen-bond acceptors (Lipinski definition) is 6. The molecule has 2 aromatic rings. The van der Waals surface area contributed by atoms with Gasteiger partial charge < -0.3 is 10.6 Å². The normalized spacial score (nSPS) is 11.1. The van der Waals surface area contributed by atoms with E-state index in [1.54, 1.807) is 0 Å². The molecule has 0 radical (unpaired) electrons. The molecule has 0 aliphatic rings. The van der Waals surface area contributed by atoms with Crippen LogP contribution in [0.5, 0.6) is 0 Å². The molecule has 0 saturated heterocycles. The third kappa shape index (κ3) is 4.11. The van der Waals surface area contributed by atoms with Crippen LogP contribution in [-0.4, -0.2) is 16.7 Å². The quantitative estimate of drug-likeness (QED) is 0.300. The van der Waals surface area contributed by atoms with Crippen molar-refractivity contribution in [3.05, 3.63) is 62.3 Å². The minimum atomic E-state index is -0.723. The Morgan fingerprint density at radius 3 is 2.62 bits per heavy atom. The Morgan fingerprint density at radius 1 is 1.33 bits per heavy atom. The number of thiophene rings is 1. The van der Waals surface area contributed by atoms with Crippen molar-refractivity contribution in [3.63, 3.8) is 0 Å². The number of nitrogens with two attached hydrogens (primary N) is 1. The summed E-state index contributed by atoms with van der Waals surface area (Å²) in [4.78, 5) is 27.3. The summed E-state index contributed by atoms with van der Waals surface area (Å²) in [5.74, 6) is -0.549. The number of amidine groups is 1. The summed E-state index contributed by atoms with van der Waals surface area (Å²) < 4.78 is 0. The van der Waals surface area contributed by atoms with Crippen LogP contribution in [0.2, 0.25) is 0 Å². The summed E-state index contributed by atoms with van der Waals surface area (Å²) >= 11 is 1.52. The number of hydrogen-bond donors (Lipinski definition) is 1. The van der Waals surface area contributed by atoms with E-state index in [2.05, 4.69) is 5.16 Å². The molecular weight excluding hydrogens is 294 g/mol. The molecule has 0 atom stereocenters. The summed E-state index contributed by atoms with van der Waals surface area (Å²) in [6.07, 6.45) is 0.394. The largest absolute Gasteiger partial charge is 0.384 e. The van der Waals surface area contributed by atoms with E-state index >= 15 is 0 Å². The highest BCUT2D eigenvalue weighted by molar-refractivity contribution is 7.10. The molecule has 108 valence electrons. The Kier molecular flexibility index (Phi) is 4.62. The summed E-state index contributed by atoms with van der Waals surface area (Å²) in [6.45, 7) is 0. The average Bonchev–Trinajstić information content (AvgIpc) is 2.97. The van der Waals surface area contributed by atoms with Gasteiger partial charge in [-0.05, 0) is 23.6 Å². The number of rotatable bonds is 5. The van der Waals surface area contributed by atoms with Gasteiger partial charge in [0.05, 0.1) is 10.5 Å². The maximum Gasteiger partial charge on any atom is 0.365 e. The van der Waals surface area contributed by atoms with Crippen molar-refractivity contribution in [2.45, 2.75) is 6.42 Å². The zero-order valence-electron chi connectivity index (χ0n) is 10.8. The Balaban J connectivity index is 1.96. The lowest BCUT2D eigenvalue weighted by Gasteiger charge is -2.00. The molecule has 2 N–H and O–H groups in total. The number of oxime groups is 1. The highest BCUT2D eigenvalue weighted by Crippen LogP contribution is 2.13. The second kappa shape index (κ2) is 6.62. The summed E-state index contributed by atoms with van der Waals surface area (Å²) in [5.41, 5.74) is 5.70. The number of benzene rings is 1. The third-order valence-electron chi connectivity index (χ3n) is 2.50. The van der Waals surface area contributed by atoms with Gasteiger partial charge >= 0.3 is 5.97 Å². The van der Waals surface area contributed by atoms with Crippen molar-refractivity contribution in [1.29, 1.82) is 0 Å². The molecule has 21 heavy (non-hydrogen) atoms. The van der Waals surface area contributed by atoms with Gasteiger partial charge in [0, 0.05) is 23.4 Å². The van der Waals surface area contributed by atoms with E-state index in [1.807, 2.05) is 17.5 Å². The van der Waals surface area contributed by atoms with Crippen LogP contribution in [-0.2, 0) is 11.3 Å². The first-order chi connectivity index (χ1) is 10.1. The Morgan fingerprint density at radius 2 is 2.05 bits per heavy atom. The van der Waals surface area contributed by atoms with Gasteiger partial charge in [0.2, 0.25) is 0 Å². The molecule has 1 aromatic carbocycles. The summed E-state index contributed by atoms with van der Waals surface area (Å²) in [6, 6.07) is 8.81. The SMILES string of the molecule is N/C(Cc1cccs1)=N/OC(=O)c1ccc([N+](=O)[O-])cc1. The van der Waals surface area contributed by atoms with Gasteiger partial charge in [0.1, 0.15) is 5.84 Å². The second-order valence-electron chi connectivity index (χ2n) is 4.02. The molecule has 0 aliphatic carbocycles. The molecule has 1 aromatic heterocycles. The fourth-order valence-electron chi connectivity index (χ4n) is 1.50. The number of nitrogens with zero attached hydrogens (tertiary/aromatic N) is 2. The standard InChI is InChI=1S/C13H11N3O4S/c14-12(8-11-2-1-7-21-11)15-20-13(17)9-3-5-10(6-4-9)16(18)19/h1-7H,8H2,(H2,14,15). The number of nitro groups is 1. The number of carbonyl (C=O) groups is 1. The Hall–Kier alpha value is -2.74. The van der Waals surface area contributed by atoms with Crippen molar-refractivity contribution < 1.29 is 14.6 Å². The fraction of sp³-hybridized carbons (Fsp3) is 0.0769. The van der Waals surface area contributed by atoms with Crippen LogP contribution in [0.25, 0.3) is 0 Å². The predicted molar refractivity (Wildman–Crippen MR) is 78.2 cm³/mol. The Bertz CT molecular complexity index is 665. The lowest BCUT2D eigenvalue weighted by molar-refractivity contribution is -0.384. The van der Waals surface area contributed by atoms with Crippen molar-refractivity contribution in [2.75, 3.05) is 0 Å². The fourth-order valence-corrected chi connectivity index (χ4v) is 2.22. The molecule has 0 aliphatic heterocycles. The minimum Gasteiger partial charge on any atom is -0.384 e. The van der Waals surface area contributed by atoms with Crippen molar-refractivity contribution in [3.8, 4) is 0 Å². The zero-order valence-corrected chi connectivity index (χ0v) is 11.6. The molecule has 0 fully saturated rings. The average molecular weight is 305 g/mol. The molecule has 8 heteroatoms. The minimum absolute atomic E-state index is 0.104. The maximum atomic E-state index is 11.7. The predicted octanol–water partition coefficient (Wildman–Crippen LogP) is 2.33. The number of non-ortho nitro benzene ring substituents is 1. The molecule has 0 unspecified atom stereocenters. The highest BCUT2D eigenvalue weighted by Gasteiger charge is 2.11. The van der Waals surface area contributed by atoms with E-state index in [-0.39, 0.29) is 17.1 Å².